The summed E-state index contributed by atoms with van der Waals surface area (Å²) in [6, 6.07) is 1.22. The van der Waals surface area contributed by atoms with E-state index in [0.29, 0.717) is 12.1 Å². The quantitative estimate of drug-likeness (QED) is 0.673. The molecule has 0 aromatic carbocycles. The highest BCUT2D eigenvalue weighted by atomic mass is 16.4. The number of carboxylic acids is 2. The molecular weight excluding hydrogens is 200 g/mol. The Morgan fingerprint density at radius 1 is 1.40 bits per heavy atom. The van der Waals surface area contributed by atoms with E-state index in [1.165, 1.54) is 6.07 Å². The molecular formula is C9H10N2O4. The Kier molecular flexibility index (Phi) is 2.89. The molecule has 6 nitrogen and oxygen atoms in total. The number of carbonyl (C=O) groups is 2. The summed E-state index contributed by atoms with van der Waals surface area (Å²) in [5, 5.41) is 17.6. The second-order valence-corrected chi connectivity index (χ2v) is 2.89. The first-order chi connectivity index (χ1) is 6.97. The van der Waals surface area contributed by atoms with Gasteiger partial charge in [-0.05, 0) is 12.5 Å². The number of aromatic nitrogens is 1. The van der Waals surface area contributed by atoms with Gasteiger partial charge in [-0.1, -0.05) is 6.92 Å². The van der Waals surface area contributed by atoms with Gasteiger partial charge in [-0.3, -0.25) is 0 Å². The molecule has 1 rings (SSSR count). The van der Waals surface area contributed by atoms with Crippen LogP contribution in [0.2, 0.25) is 0 Å². The predicted molar refractivity (Wildman–Crippen MR) is 51.9 cm³/mol. The van der Waals surface area contributed by atoms with Crippen LogP contribution in [0.4, 0.5) is 5.82 Å². The number of nitrogens with zero attached hydrogens (tertiary/aromatic N) is 1. The summed E-state index contributed by atoms with van der Waals surface area (Å²) in [7, 11) is 0. The van der Waals surface area contributed by atoms with Gasteiger partial charge in [0.2, 0.25) is 0 Å². The number of hydrogen-bond acceptors (Lipinski definition) is 4. The molecule has 0 aliphatic carbocycles. The number of anilines is 1. The monoisotopic (exact) mass is 210 g/mol. The van der Waals surface area contributed by atoms with Crippen molar-refractivity contribution in [2.45, 2.75) is 13.3 Å². The molecule has 0 amide bonds. The third kappa shape index (κ3) is 2.04. The summed E-state index contributed by atoms with van der Waals surface area (Å²) in [5.41, 5.74) is 5.05. The molecule has 1 aromatic heterocycles. The van der Waals surface area contributed by atoms with Crippen LogP contribution in [0.15, 0.2) is 6.07 Å². The minimum atomic E-state index is -1.39. The normalized spacial score (nSPS) is 9.93. The van der Waals surface area contributed by atoms with Crippen LogP contribution in [-0.2, 0) is 6.42 Å². The van der Waals surface area contributed by atoms with E-state index in [1.54, 1.807) is 6.92 Å². The van der Waals surface area contributed by atoms with Gasteiger partial charge in [-0.2, -0.15) is 0 Å². The van der Waals surface area contributed by atoms with Crippen molar-refractivity contribution in [3.63, 3.8) is 0 Å². The number of pyridine rings is 1. The van der Waals surface area contributed by atoms with Crippen molar-refractivity contribution in [2.75, 3.05) is 5.73 Å². The second kappa shape index (κ2) is 3.95. The van der Waals surface area contributed by atoms with E-state index in [-0.39, 0.29) is 11.4 Å². The van der Waals surface area contributed by atoms with Gasteiger partial charge in [0, 0.05) is 5.69 Å². The molecule has 15 heavy (non-hydrogen) atoms. The predicted octanol–water partition coefficient (Wildman–Crippen LogP) is 0.623. The summed E-state index contributed by atoms with van der Waals surface area (Å²) in [5.74, 6) is -2.98. The Labute approximate surface area is 85.4 Å². The summed E-state index contributed by atoms with van der Waals surface area (Å²) < 4.78 is 0. The maximum Gasteiger partial charge on any atom is 0.340 e. The van der Waals surface area contributed by atoms with Crippen LogP contribution in [0, 0.1) is 0 Å². The summed E-state index contributed by atoms with van der Waals surface area (Å²) in [4.78, 5) is 25.4. The average Bonchev–Trinajstić information content (AvgIpc) is 2.15. The van der Waals surface area contributed by atoms with Crippen molar-refractivity contribution < 1.29 is 19.8 Å². The lowest BCUT2D eigenvalue weighted by Crippen LogP contribution is -2.14. The standard InChI is InChI=1S/C9H10N2O4/c1-2-4-3-5(8(12)13)6(9(14)15)7(10)11-4/h3H,2H2,1H3,(H2,10,11)(H,12,13)(H,14,15). The van der Waals surface area contributed by atoms with Crippen LogP contribution in [0.5, 0.6) is 0 Å². The first kappa shape index (κ1) is 11.0. The van der Waals surface area contributed by atoms with Crippen LogP contribution in [0.25, 0.3) is 0 Å². The van der Waals surface area contributed by atoms with Gasteiger partial charge in [0.15, 0.2) is 0 Å². The highest BCUT2D eigenvalue weighted by Crippen LogP contribution is 2.17. The largest absolute Gasteiger partial charge is 0.478 e. The highest BCUT2D eigenvalue weighted by molar-refractivity contribution is 6.04. The Bertz CT molecular complexity index is 428. The average molecular weight is 210 g/mol. The fourth-order valence-electron chi connectivity index (χ4n) is 1.19. The molecule has 0 aliphatic rings. The van der Waals surface area contributed by atoms with Crippen molar-refractivity contribution in [1.82, 2.24) is 4.98 Å². The molecule has 1 heterocycles. The van der Waals surface area contributed by atoms with Crippen molar-refractivity contribution in [3.05, 3.63) is 22.9 Å². The highest BCUT2D eigenvalue weighted by Gasteiger charge is 2.21. The Morgan fingerprint density at radius 3 is 2.40 bits per heavy atom. The zero-order valence-corrected chi connectivity index (χ0v) is 8.02. The van der Waals surface area contributed by atoms with Gasteiger partial charge in [0.25, 0.3) is 0 Å². The zero-order valence-electron chi connectivity index (χ0n) is 8.02. The van der Waals surface area contributed by atoms with Crippen molar-refractivity contribution in [3.8, 4) is 0 Å². The van der Waals surface area contributed by atoms with Gasteiger partial charge in [0.05, 0.1) is 5.56 Å². The van der Waals surface area contributed by atoms with E-state index in [1.807, 2.05) is 0 Å². The Balaban J connectivity index is 3.49. The summed E-state index contributed by atoms with van der Waals surface area (Å²) in [6.45, 7) is 1.77. The second-order valence-electron chi connectivity index (χ2n) is 2.89. The fourth-order valence-corrected chi connectivity index (χ4v) is 1.19. The molecule has 0 spiro atoms. The van der Waals surface area contributed by atoms with E-state index >= 15 is 0 Å². The smallest absolute Gasteiger partial charge is 0.340 e. The first-order valence-corrected chi connectivity index (χ1v) is 4.23. The number of aromatic carboxylic acids is 2. The van der Waals surface area contributed by atoms with Gasteiger partial charge in [-0.25, -0.2) is 14.6 Å². The Hall–Kier alpha value is -2.11. The van der Waals surface area contributed by atoms with Crippen LogP contribution in [0.3, 0.4) is 0 Å². The lowest BCUT2D eigenvalue weighted by Gasteiger charge is -2.06. The third-order valence-electron chi connectivity index (χ3n) is 1.91. The lowest BCUT2D eigenvalue weighted by molar-refractivity contribution is 0.0652. The number of nitrogen functional groups attached to an aromatic ring is 1. The number of carboxylic acid groups (broad SMARTS) is 2. The number of rotatable bonds is 3. The fraction of sp³-hybridized carbons (Fsp3) is 0.222. The molecule has 0 saturated carbocycles. The first-order valence-electron chi connectivity index (χ1n) is 4.23. The topological polar surface area (TPSA) is 114 Å². The van der Waals surface area contributed by atoms with Gasteiger partial charge in [0.1, 0.15) is 11.4 Å². The van der Waals surface area contributed by atoms with Crippen molar-refractivity contribution >= 4 is 17.8 Å². The molecule has 0 atom stereocenters. The van der Waals surface area contributed by atoms with E-state index in [2.05, 4.69) is 4.98 Å². The molecule has 0 saturated heterocycles. The number of aryl methyl sites for hydroxylation is 1. The molecule has 80 valence electrons. The van der Waals surface area contributed by atoms with Gasteiger partial charge in [-0.15, -0.1) is 0 Å². The third-order valence-corrected chi connectivity index (χ3v) is 1.91. The maximum absolute atomic E-state index is 10.8. The SMILES string of the molecule is CCc1cc(C(=O)O)c(C(=O)O)c(N)n1. The summed E-state index contributed by atoms with van der Waals surface area (Å²) in [6.07, 6.45) is 0.490. The van der Waals surface area contributed by atoms with Crippen LogP contribution in [-0.4, -0.2) is 27.1 Å². The molecule has 6 heteroatoms. The van der Waals surface area contributed by atoms with Crippen LogP contribution in [0.1, 0.15) is 33.3 Å². The molecule has 0 aliphatic heterocycles. The van der Waals surface area contributed by atoms with Crippen LogP contribution >= 0.6 is 0 Å². The number of nitrogens with two attached hydrogens (primary N) is 1. The van der Waals surface area contributed by atoms with Crippen LogP contribution < -0.4 is 5.73 Å². The van der Waals surface area contributed by atoms with Crippen molar-refractivity contribution in [2.24, 2.45) is 0 Å². The lowest BCUT2D eigenvalue weighted by atomic mass is 10.1. The molecule has 4 N–H and O–H groups in total. The maximum atomic E-state index is 10.8. The van der Waals surface area contributed by atoms with E-state index in [4.69, 9.17) is 15.9 Å². The molecule has 1 aromatic rings. The van der Waals surface area contributed by atoms with Crippen molar-refractivity contribution in [1.29, 1.82) is 0 Å². The van der Waals surface area contributed by atoms with E-state index in [0.717, 1.165) is 0 Å². The minimum Gasteiger partial charge on any atom is -0.478 e. The van der Waals surface area contributed by atoms with Gasteiger partial charge >= 0.3 is 11.9 Å². The van der Waals surface area contributed by atoms with E-state index < -0.39 is 17.5 Å². The summed E-state index contributed by atoms with van der Waals surface area (Å²) >= 11 is 0. The molecule has 0 radical (unpaired) electrons. The molecule has 0 unspecified atom stereocenters. The van der Waals surface area contributed by atoms with Gasteiger partial charge < -0.3 is 15.9 Å². The number of hydrogen-bond donors (Lipinski definition) is 3. The zero-order chi connectivity index (χ0) is 11.6. The molecule has 0 fully saturated rings. The van der Waals surface area contributed by atoms with E-state index in [9.17, 15) is 9.59 Å². The molecule has 0 bridgehead atoms. The minimum absolute atomic E-state index is 0.265. The Morgan fingerprint density at radius 2 is 2.00 bits per heavy atom.